The maximum absolute atomic E-state index is 13.3. The number of rotatable bonds is 7. The van der Waals surface area contributed by atoms with Gasteiger partial charge < -0.3 is 10.1 Å². The molecule has 0 radical (unpaired) electrons. The van der Waals surface area contributed by atoms with Crippen LogP contribution in [-0.4, -0.2) is 42.1 Å². The lowest BCUT2D eigenvalue weighted by atomic mass is 9.92. The van der Waals surface area contributed by atoms with Crippen molar-refractivity contribution in [2.45, 2.75) is 50.7 Å². The Bertz CT molecular complexity index is 1140. The summed E-state index contributed by atoms with van der Waals surface area (Å²) in [5, 5.41) is 3.81. The second-order valence-corrected chi connectivity index (χ2v) is 10.4. The molecule has 1 aliphatic heterocycles. The molecule has 0 bridgehead atoms. The van der Waals surface area contributed by atoms with Crippen LogP contribution in [0.15, 0.2) is 54.7 Å². The van der Waals surface area contributed by atoms with Gasteiger partial charge in [-0.25, -0.2) is 4.98 Å². The standard InChI is InChI=1S/C27H31N3O2S/c1-18-9-10-21(15-19(18)2)27(12-13-27)25(31)29-26-28-16-23(33-26)24(20-7-5-4-6-8-20)30-14-11-22(17-30)32-3/h4-10,15-16,22,24H,11-14,17H2,1-3H3,(H,28,29,31)/t22-,24?/m1/s1. The average molecular weight is 462 g/mol. The summed E-state index contributed by atoms with van der Waals surface area (Å²) < 4.78 is 5.61. The Morgan fingerprint density at radius 1 is 1.18 bits per heavy atom. The number of carbonyl (C=O) groups is 1. The maximum atomic E-state index is 13.3. The molecule has 3 aromatic rings. The summed E-state index contributed by atoms with van der Waals surface area (Å²) in [6.45, 7) is 6.09. The maximum Gasteiger partial charge on any atom is 0.236 e. The molecule has 1 aliphatic carbocycles. The molecule has 1 aromatic heterocycles. The topological polar surface area (TPSA) is 54.5 Å². The molecule has 6 heteroatoms. The first kappa shape index (κ1) is 22.3. The Hall–Kier alpha value is -2.54. The van der Waals surface area contributed by atoms with Gasteiger partial charge >= 0.3 is 0 Å². The number of carbonyl (C=O) groups excluding carboxylic acids is 1. The minimum atomic E-state index is -0.413. The van der Waals surface area contributed by atoms with Crippen LogP contribution in [0.5, 0.6) is 0 Å². The molecule has 2 aromatic carbocycles. The predicted octanol–water partition coefficient (Wildman–Crippen LogP) is 5.24. The number of aryl methyl sites for hydroxylation is 2. The van der Waals surface area contributed by atoms with Crippen molar-refractivity contribution in [3.63, 3.8) is 0 Å². The number of likely N-dealkylation sites (tertiary alicyclic amines) is 1. The van der Waals surface area contributed by atoms with Gasteiger partial charge in [0.2, 0.25) is 5.91 Å². The number of benzene rings is 2. The fourth-order valence-electron chi connectivity index (χ4n) is 4.87. The Labute approximate surface area is 199 Å². The van der Waals surface area contributed by atoms with E-state index in [2.05, 4.69) is 71.5 Å². The van der Waals surface area contributed by atoms with E-state index in [9.17, 15) is 4.79 Å². The van der Waals surface area contributed by atoms with Gasteiger partial charge in [0, 0.05) is 31.3 Å². The summed E-state index contributed by atoms with van der Waals surface area (Å²) in [6, 6.07) is 17.0. The van der Waals surface area contributed by atoms with Gasteiger partial charge in [-0.3, -0.25) is 9.69 Å². The van der Waals surface area contributed by atoms with Crippen molar-refractivity contribution >= 4 is 22.4 Å². The first-order valence-electron chi connectivity index (χ1n) is 11.7. The number of nitrogens with one attached hydrogen (secondary N) is 1. The molecule has 1 N–H and O–H groups in total. The smallest absolute Gasteiger partial charge is 0.236 e. The van der Waals surface area contributed by atoms with Crippen LogP contribution in [0.4, 0.5) is 5.13 Å². The lowest BCUT2D eigenvalue weighted by Crippen LogP contribution is -2.28. The van der Waals surface area contributed by atoms with Crippen LogP contribution in [0.25, 0.3) is 0 Å². The average Bonchev–Trinajstić information content (AvgIpc) is 3.30. The normalized spacial score (nSPS) is 20.5. The molecule has 1 saturated carbocycles. The van der Waals surface area contributed by atoms with Crippen molar-refractivity contribution < 1.29 is 9.53 Å². The Kier molecular flexibility index (Phi) is 6.08. The van der Waals surface area contributed by atoms with Crippen molar-refractivity contribution in [2.24, 2.45) is 0 Å². The zero-order chi connectivity index (χ0) is 23.0. The van der Waals surface area contributed by atoms with Crippen LogP contribution in [0, 0.1) is 13.8 Å². The van der Waals surface area contributed by atoms with Crippen LogP contribution in [-0.2, 0) is 14.9 Å². The van der Waals surface area contributed by atoms with Crippen molar-refractivity contribution in [1.82, 2.24) is 9.88 Å². The van der Waals surface area contributed by atoms with Gasteiger partial charge in [-0.05, 0) is 55.4 Å². The van der Waals surface area contributed by atoms with Gasteiger partial charge in [0.25, 0.3) is 0 Å². The second kappa shape index (κ2) is 9.01. The van der Waals surface area contributed by atoms with Crippen molar-refractivity contribution in [2.75, 3.05) is 25.5 Å². The molecule has 2 heterocycles. The number of hydrogen-bond donors (Lipinski definition) is 1. The van der Waals surface area contributed by atoms with Gasteiger partial charge in [0.15, 0.2) is 5.13 Å². The highest BCUT2D eigenvalue weighted by Gasteiger charge is 2.51. The minimum absolute atomic E-state index is 0.0588. The molecule has 0 spiro atoms. The van der Waals surface area contributed by atoms with Crippen LogP contribution >= 0.6 is 11.3 Å². The van der Waals surface area contributed by atoms with Gasteiger partial charge in [-0.15, -0.1) is 0 Å². The lowest BCUT2D eigenvalue weighted by Gasteiger charge is -2.27. The van der Waals surface area contributed by atoms with Gasteiger partial charge in [-0.1, -0.05) is 59.9 Å². The van der Waals surface area contributed by atoms with Crippen LogP contribution < -0.4 is 5.32 Å². The van der Waals surface area contributed by atoms with E-state index >= 15 is 0 Å². The van der Waals surface area contributed by atoms with Gasteiger partial charge in [-0.2, -0.15) is 0 Å². The first-order valence-corrected chi connectivity index (χ1v) is 12.5. The van der Waals surface area contributed by atoms with E-state index in [-0.39, 0.29) is 18.1 Å². The van der Waals surface area contributed by atoms with Gasteiger partial charge in [0.1, 0.15) is 0 Å². The number of amides is 1. The molecule has 2 aliphatic rings. The Balaban J connectivity index is 1.37. The number of hydrogen-bond acceptors (Lipinski definition) is 5. The van der Waals surface area contributed by atoms with E-state index in [0.717, 1.165) is 42.8 Å². The fraction of sp³-hybridized carbons (Fsp3) is 0.407. The van der Waals surface area contributed by atoms with Crippen LogP contribution in [0.1, 0.15) is 52.4 Å². The zero-order valence-electron chi connectivity index (χ0n) is 19.5. The molecule has 1 saturated heterocycles. The number of ether oxygens (including phenoxy) is 1. The largest absolute Gasteiger partial charge is 0.380 e. The molecule has 5 rings (SSSR count). The summed E-state index contributed by atoms with van der Waals surface area (Å²) >= 11 is 1.58. The predicted molar refractivity (Wildman–Crippen MR) is 133 cm³/mol. The summed E-state index contributed by atoms with van der Waals surface area (Å²) in [7, 11) is 1.79. The third-order valence-corrected chi connectivity index (χ3v) is 8.21. The van der Waals surface area contributed by atoms with Gasteiger partial charge in [0.05, 0.1) is 17.6 Å². The monoisotopic (exact) mass is 461 g/mol. The summed E-state index contributed by atoms with van der Waals surface area (Å²) in [6.07, 6.45) is 4.99. The molecular weight excluding hydrogens is 430 g/mol. The van der Waals surface area contributed by atoms with Crippen molar-refractivity contribution in [1.29, 1.82) is 0 Å². The lowest BCUT2D eigenvalue weighted by molar-refractivity contribution is -0.118. The van der Waals surface area contributed by atoms with E-state index in [1.165, 1.54) is 16.7 Å². The Morgan fingerprint density at radius 2 is 1.97 bits per heavy atom. The Morgan fingerprint density at radius 3 is 2.64 bits per heavy atom. The highest BCUT2D eigenvalue weighted by atomic mass is 32.1. The summed E-state index contributed by atoms with van der Waals surface area (Å²) in [5.41, 5.74) is 4.43. The number of aromatic nitrogens is 1. The number of anilines is 1. The van der Waals surface area contributed by atoms with Crippen LogP contribution in [0.2, 0.25) is 0 Å². The highest BCUT2D eigenvalue weighted by molar-refractivity contribution is 7.15. The molecule has 2 fully saturated rings. The van der Waals surface area contributed by atoms with E-state index in [1.807, 2.05) is 12.3 Å². The van der Waals surface area contributed by atoms with Crippen molar-refractivity contribution in [3.8, 4) is 0 Å². The van der Waals surface area contributed by atoms with E-state index in [4.69, 9.17) is 4.74 Å². The fourth-order valence-corrected chi connectivity index (χ4v) is 5.84. The molecule has 172 valence electrons. The molecule has 33 heavy (non-hydrogen) atoms. The SMILES string of the molecule is CO[C@@H]1CCN(C(c2ccccc2)c2cnc(NC(=O)C3(c4ccc(C)c(C)c4)CC3)s2)C1. The highest BCUT2D eigenvalue weighted by Crippen LogP contribution is 2.49. The van der Waals surface area contributed by atoms with E-state index in [0.29, 0.717) is 5.13 Å². The van der Waals surface area contributed by atoms with Crippen molar-refractivity contribution in [3.05, 3.63) is 81.9 Å². The van der Waals surface area contributed by atoms with Crippen LogP contribution in [0.3, 0.4) is 0 Å². The zero-order valence-corrected chi connectivity index (χ0v) is 20.3. The number of thiazole rings is 1. The summed E-state index contributed by atoms with van der Waals surface area (Å²) in [4.78, 5) is 21.5. The third-order valence-electron chi connectivity index (χ3n) is 7.25. The molecule has 1 unspecified atom stereocenters. The molecular formula is C27H31N3O2S. The second-order valence-electron chi connectivity index (χ2n) is 9.36. The molecule has 2 atom stereocenters. The molecule has 5 nitrogen and oxygen atoms in total. The van der Waals surface area contributed by atoms with E-state index < -0.39 is 5.41 Å². The first-order chi connectivity index (χ1) is 16.0. The third kappa shape index (κ3) is 4.35. The summed E-state index contributed by atoms with van der Waals surface area (Å²) in [5.74, 6) is 0.0588. The number of nitrogens with zero attached hydrogens (tertiary/aromatic N) is 2. The molecule has 1 amide bonds. The number of methoxy groups -OCH3 is 1. The quantitative estimate of drug-likeness (QED) is 0.523. The van der Waals surface area contributed by atoms with E-state index in [1.54, 1.807) is 18.4 Å². The minimum Gasteiger partial charge on any atom is -0.380 e.